The second-order valence-electron chi connectivity index (χ2n) is 6.95. The molecular weight excluding hydrogens is 290 g/mol. The van der Waals surface area contributed by atoms with Crippen molar-refractivity contribution in [2.45, 2.75) is 44.6 Å². The van der Waals surface area contributed by atoms with Crippen molar-refractivity contribution in [1.29, 1.82) is 0 Å². The van der Waals surface area contributed by atoms with Crippen LogP contribution in [0.4, 0.5) is 0 Å². The quantitative estimate of drug-likeness (QED) is 0.820. The maximum Gasteiger partial charge on any atom is 0.307 e. The Morgan fingerprint density at radius 2 is 2.00 bits per heavy atom. The Morgan fingerprint density at radius 3 is 2.61 bits per heavy atom. The van der Waals surface area contributed by atoms with Crippen molar-refractivity contribution >= 4 is 11.9 Å². The van der Waals surface area contributed by atoms with Gasteiger partial charge in [0.1, 0.15) is 0 Å². The van der Waals surface area contributed by atoms with E-state index in [1.807, 2.05) is 30.3 Å². The summed E-state index contributed by atoms with van der Waals surface area (Å²) in [5, 5.41) is 3.05. The number of fused-ring (bicyclic) bond motifs is 2. The number of nitrogens with one attached hydrogen (secondary N) is 1. The lowest BCUT2D eigenvalue weighted by atomic mass is 9.86. The van der Waals surface area contributed by atoms with Gasteiger partial charge in [0.15, 0.2) is 0 Å². The molecule has 4 heteroatoms. The van der Waals surface area contributed by atoms with Gasteiger partial charge >= 0.3 is 5.97 Å². The lowest BCUT2D eigenvalue weighted by molar-refractivity contribution is -0.141. The maximum absolute atomic E-state index is 12.5. The van der Waals surface area contributed by atoms with Crippen LogP contribution in [0.2, 0.25) is 0 Å². The number of hydrogen-bond donors (Lipinski definition) is 1. The molecule has 1 N–H and O–H groups in total. The van der Waals surface area contributed by atoms with Crippen LogP contribution in [0.15, 0.2) is 30.3 Å². The minimum Gasteiger partial charge on any atom is -0.469 e. The second-order valence-corrected chi connectivity index (χ2v) is 6.95. The van der Waals surface area contributed by atoms with E-state index in [2.05, 4.69) is 5.32 Å². The van der Waals surface area contributed by atoms with Gasteiger partial charge in [-0.05, 0) is 42.6 Å². The summed E-state index contributed by atoms with van der Waals surface area (Å²) in [6.07, 6.45) is 5.90. The average molecular weight is 315 g/mol. The summed E-state index contributed by atoms with van der Waals surface area (Å²) >= 11 is 0. The molecule has 23 heavy (non-hydrogen) atoms. The van der Waals surface area contributed by atoms with Crippen LogP contribution in [0.3, 0.4) is 0 Å². The van der Waals surface area contributed by atoms with E-state index in [1.54, 1.807) is 0 Å². The minimum atomic E-state index is -0.310. The van der Waals surface area contributed by atoms with E-state index in [4.69, 9.17) is 4.74 Å². The van der Waals surface area contributed by atoms with E-state index in [-0.39, 0.29) is 24.3 Å². The molecule has 0 saturated heterocycles. The van der Waals surface area contributed by atoms with Crippen molar-refractivity contribution < 1.29 is 14.3 Å². The number of carbonyl (C=O) groups excluding carboxylic acids is 2. The van der Waals surface area contributed by atoms with Crippen molar-refractivity contribution in [2.24, 2.45) is 17.8 Å². The molecule has 3 rings (SSSR count). The Kier molecular flexibility index (Phi) is 4.99. The third kappa shape index (κ3) is 3.92. The third-order valence-electron chi connectivity index (χ3n) is 5.47. The van der Waals surface area contributed by atoms with E-state index in [0.29, 0.717) is 12.3 Å². The summed E-state index contributed by atoms with van der Waals surface area (Å²) in [6.45, 7) is 0. The molecule has 1 aromatic rings. The molecule has 2 aliphatic rings. The van der Waals surface area contributed by atoms with Crippen LogP contribution < -0.4 is 5.32 Å². The highest BCUT2D eigenvalue weighted by Crippen LogP contribution is 2.49. The molecule has 2 aliphatic carbocycles. The molecule has 0 heterocycles. The van der Waals surface area contributed by atoms with Crippen LogP contribution in [0.5, 0.6) is 0 Å². The Hall–Kier alpha value is -1.84. The number of carbonyl (C=O) groups is 2. The number of hydrogen-bond acceptors (Lipinski definition) is 3. The normalized spacial score (nSPS) is 26.7. The summed E-state index contributed by atoms with van der Waals surface area (Å²) in [4.78, 5) is 24.1. The molecule has 0 aliphatic heterocycles. The highest BCUT2D eigenvalue weighted by atomic mass is 16.5. The number of methoxy groups -OCH3 is 1. The predicted octanol–water partition coefficient (Wildman–Crippen LogP) is 3.23. The van der Waals surface area contributed by atoms with E-state index in [9.17, 15) is 9.59 Å². The Balaban J connectivity index is 1.61. The van der Waals surface area contributed by atoms with Crippen LogP contribution >= 0.6 is 0 Å². The average Bonchev–Trinajstić information content (AvgIpc) is 3.17. The number of benzene rings is 1. The summed E-state index contributed by atoms with van der Waals surface area (Å²) in [6, 6.07) is 9.32. The highest BCUT2D eigenvalue weighted by molar-refractivity contribution is 5.78. The van der Waals surface area contributed by atoms with Crippen molar-refractivity contribution in [3.63, 3.8) is 0 Å². The molecule has 2 fully saturated rings. The molecule has 2 bridgehead atoms. The van der Waals surface area contributed by atoms with E-state index >= 15 is 0 Å². The van der Waals surface area contributed by atoms with Crippen molar-refractivity contribution in [1.82, 2.24) is 5.32 Å². The largest absolute Gasteiger partial charge is 0.469 e. The van der Waals surface area contributed by atoms with Gasteiger partial charge in [-0.15, -0.1) is 0 Å². The molecule has 0 spiro atoms. The fourth-order valence-corrected chi connectivity index (χ4v) is 4.31. The molecule has 0 radical (unpaired) electrons. The number of rotatable bonds is 6. The van der Waals surface area contributed by atoms with E-state index in [0.717, 1.165) is 17.4 Å². The first-order valence-electron chi connectivity index (χ1n) is 8.57. The van der Waals surface area contributed by atoms with E-state index in [1.165, 1.54) is 32.8 Å². The molecule has 4 unspecified atom stereocenters. The smallest absolute Gasteiger partial charge is 0.307 e. The highest BCUT2D eigenvalue weighted by Gasteiger charge is 2.40. The van der Waals surface area contributed by atoms with Gasteiger partial charge in [-0.1, -0.05) is 36.8 Å². The molecule has 1 amide bonds. The van der Waals surface area contributed by atoms with Gasteiger partial charge in [0.2, 0.25) is 5.91 Å². The fourth-order valence-electron chi connectivity index (χ4n) is 4.31. The summed E-state index contributed by atoms with van der Waals surface area (Å²) in [5.41, 5.74) is 0.944. The van der Waals surface area contributed by atoms with Crippen molar-refractivity contribution in [3.8, 4) is 0 Å². The molecule has 124 valence electrons. The molecule has 1 aromatic carbocycles. The first-order valence-corrected chi connectivity index (χ1v) is 8.57. The fraction of sp³-hybridized carbons (Fsp3) is 0.579. The van der Waals surface area contributed by atoms with Crippen molar-refractivity contribution in [3.05, 3.63) is 35.9 Å². The van der Waals surface area contributed by atoms with E-state index < -0.39 is 0 Å². The topological polar surface area (TPSA) is 55.4 Å². The zero-order valence-electron chi connectivity index (χ0n) is 13.7. The molecule has 4 atom stereocenters. The second kappa shape index (κ2) is 7.16. The zero-order valence-corrected chi connectivity index (χ0v) is 13.7. The van der Waals surface area contributed by atoms with Crippen molar-refractivity contribution in [2.75, 3.05) is 7.11 Å². The van der Waals surface area contributed by atoms with Crippen LogP contribution in [-0.2, 0) is 14.3 Å². The van der Waals surface area contributed by atoms with Gasteiger partial charge in [0.25, 0.3) is 0 Å². The van der Waals surface area contributed by atoms with Gasteiger partial charge in [0, 0.05) is 6.42 Å². The first-order chi connectivity index (χ1) is 11.2. The molecule has 2 saturated carbocycles. The summed E-state index contributed by atoms with van der Waals surface area (Å²) in [7, 11) is 1.38. The third-order valence-corrected chi connectivity index (χ3v) is 5.47. The Labute approximate surface area is 137 Å². The van der Waals surface area contributed by atoms with Crippen LogP contribution in [0.1, 0.15) is 50.1 Å². The van der Waals surface area contributed by atoms with Gasteiger partial charge in [-0.25, -0.2) is 0 Å². The van der Waals surface area contributed by atoms with Crippen LogP contribution in [-0.4, -0.2) is 19.0 Å². The number of amides is 1. The van der Waals surface area contributed by atoms with Gasteiger partial charge < -0.3 is 10.1 Å². The first kappa shape index (κ1) is 16.0. The summed E-state index contributed by atoms with van der Waals surface area (Å²) in [5.74, 6) is 1.86. The lowest BCUT2D eigenvalue weighted by Crippen LogP contribution is -2.32. The minimum absolute atomic E-state index is 0.0558. The van der Waals surface area contributed by atoms with Crippen LogP contribution in [0, 0.1) is 17.8 Å². The SMILES string of the molecule is COC(=O)CC(NC(=O)CC1CC2CCC1C2)c1ccccc1. The molecule has 4 nitrogen and oxygen atoms in total. The number of ether oxygens (including phenoxy) is 1. The van der Waals surface area contributed by atoms with Gasteiger partial charge in [0.05, 0.1) is 19.6 Å². The Morgan fingerprint density at radius 1 is 1.22 bits per heavy atom. The van der Waals surface area contributed by atoms with Crippen LogP contribution in [0.25, 0.3) is 0 Å². The Bertz CT molecular complexity index is 557. The summed E-state index contributed by atoms with van der Waals surface area (Å²) < 4.78 is 4.77. The zero-order chi connectivity index (χ0) is 16.2. The lowest BCUT2D eigenvalue weighted by Gasteiger charge is -2.23. The molecular formula is C19H25NO3. The molecule has 0 aromatic heterocycles. The van der Waals surface area contributed by atoms with Gasteiger partial charge in [-0.2, -0.15) is 0 Å². The maximum atomic E-state index is 12.5. The van der Waals surface area contributed by atoms with Gasteiger partial charge in [-0.3, -0.25) is 9.59 Å². The predicted molar refractivity (Wildman–Crippen MR) is 87.5 cm³/mol. The monoisotopic (exact) mass is 315 g/mol. The standard InChI is InChI=1S/C19H25NO3/c1-23-19(22)12-17(14-5-3-2-4-6-14)20-18(21)11-16-10-13-7-8-15(16)9-13/h2-6,13,15-17H,7-12H2,1H3,(H,20,21). The number of esters is 1.